The van der Waals surface area contributed by atoms with Crippen molar-refractivity contribution in [2.45, 2.75) is 19.8 Å². The maximum absolute atomic E-state index is 12.3. The minimum absolute atomic E-state index is 0.0893. The topological polar surface area (TPSA) is 96.7 Å². The highest BCUT2D eigenvalue weighted by atomic mass is 32.2. The minimum Gasteiger partial charge on any atom is -0.427 e. The van der Waals surface area contributed by atoms with Crippen LogP contribution in [-0.4, -0.2) is 45.0 Å². The lowest BCUT2D eigenvalue weighted by atomic mass is 10.1. The zero-order chi connectivity index (χ0) is 20.0. The van der Waals surface area contributed by atoms with Gasteiger partial charge in [0.15, 0.2) is 0 Å². The molecule has 2 aromatic rings. The molecule has 0 aliphatic carbocycles. The van der Waals surface area contributed by atoms with Crippen LogP contribution < -0.4 is 10.9 Å². The van der Waals surface area contributed by atoms with Crippen LogP contribution in [0.5, 0.6) is 0 Å². The third-order valence-electron chi connectivity index (χ3n) is 4.13. The second-order valence-electron chi connectivity index (χ2n) is 6.40. The van der Waals surface area contributed by atoms with Gasteiger partial charge in [0.2, 0.25) is 10.0 Å². The summed E-state index contributed by atoms with van der Waals surface area (Å²) in [6.45, 7) is 1.57. The van der Waals surface area contributed by atoms with Crippen molar-refractivity contribution in [1.29, 1.82) is 0 Å². The summed E-state index contributed by atoms with van der Waals surface area (Å²) in [5, 5.41) is 2.46. The molecule has 8 heteroatoms. The molecule has 0 saturated carbocycles. The van der Waals surface area contributed by atoms with E-state index in [-0.39, 0.29) is 17.9 Å². The molecular formula is C19H24N2O5S. The van der Waals surface area contributed by atoms with Gasteiger partial charge in [0.05, 0.1) is 5.75 Å². The Kier molecular flexibility index (Phi) is 6.92. The van der Waals surface area contributed by atoms with Gasteiger partial charge in [-0.3, -0.25) is 4.79 Å². The van der Waals surface area contributed by atoms with Crippen molar-refractivity contribution >= 4 is 15.9 Å². The van der Waals surface area contributed by atoms with E-state index in [2.05, 4.69) is 5.32 Å². The minimum atomic E-state index is -3.42. The van der Waals surface area contributed by atoms with Gasteiger partial charge in [-0.25, -0.2) is 17.5 Å². The van der Waals surface area contributed by atoms with Gasteiger partial charge in [-0.05, 0) is 30.5 Å². The Morgan fingerprint density at radius 2 is 1.81 bits per heavy atom. The van der Waals surface area contributed by atoms with Gasteiger partial charge in [-0.1, -0.05) is 30.3 Å². The van der Waals surface area contributed by atoms with E-state index in [1.54, 1.807) is 13.0 Å². The van der Waals surface area contributed by atoms with E-state index in [0.717, 1.165) is 16.3 Å². The molecule has 0 fully saturated rings. The first-order valence-electron chi connectivity index (χ1n) is 8.56. The lowest BCUT2D eigenvalue weighted by molar-refractivity contribution is 0.0951. The second-order valence-corrected chi connectivity index (χ2v) is 8.70. The smallest absolute Gasteiger partial charge is 0.349 e. The molecule has 1 heterocycles. The molecule has 0 aliphatic heterocycles. The zero-order valence-electron chi connectivity index (χ0n) is 15.7. The van der Waals surface area contributed by atoms with Gasteiger partial charge in [0.1, 0.15) is 11.3 Å². The van der Waals surface area contributed by atoms with Crippen LogP contribution in [0.25, 0.3) is 0 Å². The first kappa shape index (κ1) is 20.9. The number of sulfonamides is 1. The van der Waals surface area contributed by atoms with E-state index < -0.39 is 21.6 Å². The van der Waals surface area contributed by atoms with Crippen molar-refractivity contribution < 1.29 is 17.6 Å². The highest BCUT2D eigenvalue weighted by Gasteiger charge is 2.18. The predicted molar refractivity (Wildman–Crippen MR) is 103 cm³/mol. The fraction of sp³-hybridized carbons (Fsp3) is 0.368. The number of rotatable bonds is 8. The molecule has 27 heavy (non-hydrogen) atoms. The highest BCUT2D eigenvalue weighted by molar-refractivity contribution is 7.89. The van der Waals surface area contributed by atoms with Crippen molar-refractivity contribution in [1.82, 2.24) is 9.62 Å². The fourth-order valence-electron chi connectivity index (χ4n) is 2.55. The average Bonchev–Trinajstić information content (AvgIpc) is 2.60. The molecule has 0 aliphatic rings. The third-order valence-corrected chi connectivity index (χ3v) is 5.96. The number of amides is 1. The molecule has 7 nitrogen and oxygen atoms in total. The van der Waals surface area contributed by atoms with E-state index >= 15 is 0 Å². The Morgan fingerprint density at radius 3 is 2.41 bits per heavy atom. The number of carbonyl (C=O) groups excluding carboxylic acids is 1. The highest BCUT2D eigenvalue weighted by Crippen LogP contribution is 2.10. The first-order valence-corrected chi connectivity index (χ1v) is 10.2. The van der Waals surface area contributed by atoms with Crippen LogP contribution in [0.2, 0.25) is 0 Å². The monoisotopic (exact) mass is 392 g/mol. The number of hydrogen-bond donors (Lipinski definition) is 1. The van der Waals surface area contributed by atoms with Gasteiger partial charge in [-0.15, -0.1) is 0 Å². The molecule has 0 saturated heterocycles. The molecule has 1 N–H and O–H groups in total. The van der Waals surface area contributed by atoms with Crippen molar-refractivity contribution in [3.05, 3.63) is 69.3 Å². The molecule has 1 amide bonds. The van der Waals surface area contributed by atoms with E-state index in [4.69, 9.17) is 4.42 Å². The van der Waals surface area contributed by atoms with Crippen LogP contribution >= 0.6 is 0 Å². The predicted octanol–water partition coefficient (Wildman–Crippen LogP) is 1.35. The van der Waals surface area contributed by atoms with Gasteiger partial charge in [-0.2, -0.15) is 0 Å². The summed E-state index contributed by atoms with van der Waals surface area (Å²) < 4.78 is 29.8. The van der Waals surface area contributed by atoms with Gasteiger partial charge < -0.3 is 9.73 Å². The van der Waals surface area contributed by atoms with Crippen LogP contribution in [0, 0.1) is 6.92 Å². The quantitative estimate of drug-likeness (QED) is 0.732. The third kappa shape index (κ3) is 5.77. The Morgan fingerprint density at radius 1 is 1.15 bits per heavy atom. The van der Waals surface area contributed by atoms with Crippen LogP contribution in [0.4, 0.5) is 0 Å². The van der Waals surface area contributed by atoms with Crippen molar-refractivity contribution in [3.63, 3.8) is 0 Å². The molecule has 1 aromatic carbocycles. The lowest BCUT2D eigenvalue weighted by Gasteiger charge is -2.12. The number of carbonyl (C=O) groups is 1. The molecule has 2 rings (SSSR count). The van der Waals surface area contributed by atoms with Gasteiger partial charge >= 0.3 is 5.63 Å². The maximum atomic E-state index is 12.3. The summed E-state index contributed by atoms with van der Waals surface area (Å²) in [4.78, 5) is 24.5. The van der Waals surface area contributed by atoms with Gasteiger partial charge in [0.25, 0.3) is 5.91 Å². The molecule has 146 valence electrons. The summed E-state index contributed by atoms with van der Waals surface area (Å²) >= 11 is 0. The Labute approximate surface area is 159 Å². The summed E-state index contributed by atoms with van der Waals surface area (Å²) in [5.74, 6) is -0.372. The van der Waals surface area contributed by atoms with Crippen LogP contribution in [0.15, 0.2) is 45.6 Å². The fourth-order valence-corrected chi connectivity index (χ4v) is 3.27. The van der Waals surface area contributed by atoms with Crippen LogP contribution in [-0.2, 0) is 22.9 Å². The maximum Gasteiger partial charge on any atom is 0.349 e. The molecule has 0 atom stereocenters. The lowest BCUT2D eigenvalue weighted by Crippen LogP contribution is -2.36. The van der Waals surface area contributed by atoms with E-state index in [1.165, 1.54) is 14.1 Å². The summed E-state index contributed by atoms with van der Waals surface area (Å²) in [6, 6.07) is 11.5. The van der Waals surface area contributed by atoms with Crippen molar-refractivity contribution in [2.24, 2.45) is 0 Å². The molecule has 1 aromatic heterocycles. The first-order chi connectivity index (χ1) is 12.7. The largest absolute Gasteiger partial charge is 0.427 e. The number of nitrogens with zero attached hydrogens (tertiary/aromatic N) is 1. The van der Waals surface area contributed by atoms with E-state index in [9.17, 15) is 18.0 Å². The normalized spacial score (nSPS) is 11.6. The molecule has 0 unspecified atom stereocenters. The van der Waals surface area contributed by atoms with Crippen molar-refractivity contribution in [2.75, 3.05) is 26.4 Å². The summed E-state index contributed by atoms with van der Waals surface area (Å²) in [7, 11) is -0.578. The van der Waals surface area contributed by atoms with E-state index in [0.29, 0.717) is 17.7 Å². The number of nitrogens with one attached hydrogen (secondary N) is 1. The molecule has 0 bridgehead atoms. The Bertz CT molecular complexity index is 950. The van der Waals surface area contributed by atoms with Gasteiger partial charge in [0, 0.05) is 27.1 Å². The molecule has 0 radical (unpaired) electrons. The summed E-state index contributed by atoms with van der Waals surface area (Å²) in [6.07, 6.45) is 1.26. The molecular weight excluding hydrogens is 368 g/mol. The Hall–Kier alpha value is -2.45. The number of hydrogen-bond acceptors (Lipinski definition) is 5. The zero-order valence-corrected chi connectivity index (χ0v) is 16.5. The SMILES string of the molecule is Cc1cc(CCc2ccccc2)oc(=O)c1C(=O)NCCS(=O)(=O)N(C)C. The van der Waals surface area contributed by atoms with Crippen LogP contribution in [0.1, 0.15) is 27.2 Å². The van der Waals surface area contributed by atoms with Crippen LogP contribution in [0.3, 0.4) is 0 Å². The standard InChI is InChI=1S/C19H24N2O5S/c1-14-13-16(10-9-15-7-5-4-6-8-15)26-19(23)17(14)18(22)20-11-12-27(24,25)21(2)3/h4-8,13H,9-12H2,1-3H3,(H,20,22). The Balaban J connectivity index is 2.03. The molecule has 0 spiro atoms. The van der Waals surface area contributed by atoms with E-state index in [1.807, 2.05) is 30.3 Å². The summed E-state index contributed by atoms with van der Waals surface area (Å²) in [5.41, 5.74) is 0.816. The average molecular weight is 392 g/mol. The second kappa shape index (κ2) is 8.96. The number of benzene rings is 1. The van der Waals surface area contributed by atoms with Crippen molar-refractivity contribution in [3.8, 4) is 0 Å². The number of aryl methyl sites for hydroxylation is 3.